The van der Waals surface area contributed by atoms with Crippen molar-refractivity contribution in [2.45, 2.75) is 13.1 Å². The molecule has 0 aromatic heterocycles. The smallest absolute Gasteiger partial charge is 0.0808 e. The molecule has 3 aromatic carbocycles. The van der Waals surface area contributed by atoms with Gasteiger partial charge in [-0.25, -0.2) is 0 Å². The van der Waals surface area contributed by atoms with Gasteiger partial charge in [-0.15, -0.1) is 0 Å². The van der Waals surface area contributed by atoms with Gasteiger partial charge >= 0.3 is 0 Å². The van der Waals surface area contributed by atoms with Gasteiger partial charge in [-0.1, -0.05) is 89.8 Å². The van der Waals surface area contributed by atoms with E-state index in [2.05, 4.69) is 25.2 Å². The average Bonchev–Trinajstić information content (AvgIpc) is 2.54. The second-order valence-electron chi connectivity index (χ2n) is 5.92. The van der Waals surface area contributed by atoms with Crippen LogP contribution in [0.2, 0.25) is 33.2 Å². The molecule has 1 radical (unpaired) electrons. The Balaban J connectivity index is 2.38. The number of rotatable bonds is 3. The van der Waals surface area contributed by atoms with Gasteiger partial charge < -0.3 is 0 Å². The summed E-state index contributed by atoms with van der Waals surface area (Å²) >= 11 is 25.9. The molecule has 0 aliphatic carbocycles. The van der Waals surface area contributed by atoms with Crippen molar-refractivity contribution in [3.63, 3.8) is 0 Å². The van der Waals surface area contributed by atoms with E-state index in [0.29, 0.717) is 20.1 Å². The van der Waals surface area contributed by atoms with Crippen molar-refractivity contribution in [1.82, 2.24) is 0 Å². The fraction of sp³-hybridized carbons (Fsp3) is 0.100. The van der Waals surface area contributed by atoms with E-state index in [1.807, 2.05) is 42.5 Å². The molecule has 0 aliphatic rings. The summed E-state index contributed by atoms with van der Waals surface area (Å²) in [6, 6.07) is 17.3. The molecule has 0 amide bonds. The normalized spacial score (nSPS) is 11.2. The second kappa shape index (κ2) is 7.73. The summed E-state index contributed by atoms with van der Waals surface area (Å²) in [4.78, 5) is 0. The molecule has 5 heteroatoms. The third kappa shape index (κ3) is 3.62. The number of halogens is 4. The van der Waals surface area contributed by atoms with Gasteiger partial charge in [-0.2, -0.15) is 0 Å². The lowest BCUT2D eigenvalue weighted by atomic mass is 9.98. The van der Waals surface area contributed by atoms with Gasteiger partial charge in [-0.3, -0.25) is 0 Å². The minimum atomic E-state index is -0.866. The van der Waals surface area contributed by atoms with E-state index in [9.17, 15) is 0 Å². The van der Waals surface area contributed by atoms with Crippen LogP contribution in [-0.2, 0) is 0 Å². The lowest BCUT2D eigenvalue weighted by molar-refractivity contribution is 1.60. The highest BCUT2D eigenvalue weighted by Gasteiger charge is 2.21. The Hall–Kier alpha value is -0.963. The van der Waals surface area contributed by atoms with Crippen molar-refractivity contribution < 1.29 is 0 Å². The number of benzene rings is 3. The molecule has 0 nitrogen and oxygen atoms in total. The predicted octanol–water partition coefficient (Wildman–Crippen LogP) is 7.60. The zero-order chi connectivity index (χ0) is 18.1. The molecule has 25 heavy (non-hydrogen) atoms. The average molecular weight is 425 g/mol. The Labute approximate surface area is 169 Å². The first-order valence-electron chi connectivity index (χ1n) is 7.74. The van der Waals surface area contributed by atoms with Crippen LogP contribution >= 0.6 is 46.4 Å². The molecular formula is C20H15Cl4Si. The fourth-order valence-corrected chi connectivity index (χ4v) is 5.71. The molecule has 0 saturated heterocycles. The molecule has 0 aliphatic heterocycles. The van der Waals surface area contributed by atoms with Gasteiger partial charge in [0.2, 0.25) is 0 Å². The van der Waals surface area contributed by atoms with Gasteiger partial charge in [0.15, 0.2) is 0 Å². The van der Waals surface area contributed by atoms with Crippen LogP contribution in [0.5, 0.6) is 0 Å². The van der Waals surface area contributed by atoms with Crippen LogP contribution in [-0.4, -0.2) is 8.80 Å². The highest BCUT2D eigenvalue weighted by Crippen LogP contribution is 2.38. The molecule has 0 heterocycles. The monoisotopic (exact) mass is 423 g/mol. The molecule has 0 N–H and O–H groups in total. The van der Waals surface area contributed by atoms with Crippen LogP contribution in [0, 0.1) is 0 Å². The van der Waals surface area contributed by atoms with Crippen LogP contribution < -0.4 is 5.19 Å². The van der Waals surface area contributed by atoms with Crippen molar-refractivity contribution >= 4 is 60.4 Å². The summed E-state index contributed by atoms with van der Waals surface area (Å²) in [5.74, 6) is 0. The first-order chi connectivity index (χ1) is 11.9. The highest BCUT2D eigenvalue weighted by atomic mass is 35.5. The van der Waals surface area contributed by atoms with E-state index in [1.54, 1.807) is 0 Å². The standard InChI is InChI=1S/C20H15Cl4Si/c1-25(2)20-12(18-14(21)8-4-9-15(18)22)6-3-7-13(20)19-16(23)10-5-11-17(19)24/h3-11H,1-2H3. The first-order valence-corrected chi connectivity index (χ1v) is 11.7. The van der Waals surface area contributed by atoms with Crippen molar-refractivity contribution in [2.24, 2.45) is 0 Å². The number of hydrogen-bond donors (Lipinski definition) is 0. The van der Waals surface area contributed by atoms with Gasteiger partial charge in [0, 0.05) is 31.2 Å². The summed E-state index contributed by atoms with van der Waals surface area (Å²) in [6.45, 7) is 4.48. The van der Waals surface area contributed by atoms with E-state index in [1.165, 1.54) is 5.19 Å². The lowest BCUT2D eigenvalue weighted by Gasteiger charge is -2.20. The summed E-state index contributed by atoms with van der Waals surface area (Å²) in [7, 11) is -0.866. The molecule has 0 spiro atoms. The van der Waals surface area contributed by atoms with Gasteiger partial charge in [0.25, 0.3) is 0 Å². The molecule has 3 rings (SSSR count). The van der Waals surface area contributed by atoms with Gasteiger partial charge in [-0.05, 0) is 40.6 Å². The largest absolute Gasteiger partial charge is 0.0836 e. The SMILES string of the molecule is C[Si](C)c1c(-c2c(Cl)cccc2Cl)cccc1-c1c(Cl)cccc1Cl. The van der Waals surface area contributed by atoms with Crippen LogP contribution in [0.4, 0.5) is 0 Å². The van der Waals surface area contributed by atoms with Crippen LogP contribution in [0.25, 0.3) is 22.3 Å². The first kappa shape index (κ1) is 18.8. The van der Waals surface area contributed by atoms with Crippen LogP contribution in [0.3, 0.4) is 0 Å². The maximum atomic E-state index is 6.48. The van der Waals surface area contributed by atoms with E-state index in [4.69, 9.17) is 46.4 Å². The zero-order valence-electron chi connectivity index (χ0n) is 13.7. The van der Waals surface area contributed by atoms with Crippen molar-refractivity contribution in [1.29, 1.82) is 0 Å². The third-order valence-corrected chi connectivity index (χ3v) is 6.83. The van der Waals surface area contributed by atoms with Crippen LogP contribution in [0.1, 0.15) is 0 Å². The molecule has 127 valence electrons. The lowest BCUT2D eigenvalue weighted by Crippen LogP contribution is -2.27. The number of hydrogen-bond acceptors (Lipinski definition) is 0. The quantitative estimate of drug-likeness (QED) is 0.379. The molecule has 0 bridgehead atoms. The Morgan fingerprint density at radius 2 is 0.880 bits per heavy atom. The maximum absolute atomic E-state index is 6.48. The van der Waals surface area contributed by atoms with Crippen molar-refractivity contribution in [3.05, 3.63) is 74.7 Å². The van der Waals surface area contributed by atoms with E-state index in [0.717, 1.165) is 22.3 Å². The predicted molar refractivity (Wildman–Crippen MR) is 114 cm³/mol. The van der Waals surface area contributed by atoms with Crippen molar-refractivity contribution in [3.8, 4) is 22.3 Å². The summed E-state index contributed by atoms with van der Waals surface area (Å²) in [6.07, 6.45) is 0. The summed E-state index contributed by atoms with van der Waals surface area (Å²) < 4.78 is 0. The molecule has 3 aromatic rings. The molecule has 0 saturated carbocycles. The van der Waals surface area contributed by atoms with Gasteiger partial charge in [0.05, 0.1) is 8.80 Å². The summed E-state index contributed by atoms with van der Waals surface area (Å²) in [5, 5.41) is 3.77. The molecule has 0 fully saturated rings. The summed E-state index contributed by atoms with van der Waals surface area (Å²) in [5.41, 5.74) is 3.81. The topological polar surface area (TPSA) is 0 Å². The molecular weight excluding hydrogens is 410 g/mol. The second-order valence-corrected chi connectivity index (χ2v) is 10.1. The van der Waals surface area contributed by atoms with Gasteiger partial charge in [0.1, 0.15) is 0 Å². The van der Waals surface area contributed by atoms with Crippen LogP contribution in [0.15, 0.2) is 54.6 Å². The molecule has 0 unspecified atom stereocenters. The van der Waals surface area contributed by atoms with E-state index >= 15 is 0 Å². The molecule has 0 atom stereocenters. The fourth-order valence-electron chi connectivity index (χ4n) is 3.02. The Bertz CT molecular complexity index is 825. The Morgan fingerprint density at radius 3 is 1.20 bits per heavy atom. The highest BCUT2D eigenvalue weighted by molar-refractivity contribution is 6.74. The maximum Gasteiger partial charge on any atom is 0.0808 e. The Kier molecular flexibility index (Phi) is 5.82. The van der Waals surface area contributed by atoms with E-state index in [-0.39, 0.29) is 0 Å². The Morgan fingerprint density at radius 1 is 0.560 bits per heavy atom. The van der Waals surface area contributed by atoms with Crippen molar-refractivity contribution in [2.75, 3.05) is 0 Å². The minimum absolute atomic E-state index is 0.638. The van der Waals surface area contributed by atoms with E-state index < -0.39 is 8.80 Å². The third-order valence-electron chi connectivity index (χ3n) is 4.03. The minimum Gasteiger partial charge on any atom is -0.0836 e. The zero-order valence-corrected chi connectivity index (χ0v) is 17.7.